The smallest absolute Gasteiger partial charge is 0.131 e. The Hall–Kier alpha value is -0.240. The summed E-state index contributed by atoms with van der Waals surface area (Å²) in [5.74, 6) is 0. The summed E-state index contributed by atoms with van der Waals surface area (Å²) >= 11 is 11.6. The van der Waals surface area contributed by atoms with Crippen molar-refractivity contribution in [1.82, 2.24) is 0 Å². The number of benzene rings is 1. The fourth-order valence-electron chi connectivity index (χ4n) is 2.49. The summed E-state index contributed by atoms with van der Waals surface area (Å²) in [4.78, 5) is -0.453. The van der Waals surface area contributed by atoms with E-state index >= 15 is 0 Å². The molecule has 1 nitrogen and oxygen atoms in total. The molecule has 0 aliphatic heterocycles. The van der Waals surface area contributed by atoms with Crippen molar-refractivity contribution in [1.29, 1.82) is 0 Å². The number of hydrogen-bond donors (Lipinski definition) is 0. The maximum atomic E-state index is 5.87. The van der Waals surface area contributed by atoms with Gasteiger partial charge in [0.15, 0.2) is 0 Å². The molecule has 120 valence electrons. The molecule has 0 fully saturated rings. The molecule has 3 heteroatoms. The van der Waals surface area contributed by atoms with Crippen LogP contribution in [0.1, 0.15) is 70.0 Å². The van der Waals surface area contributed by atoms with Gasteiger partial charge >= 0.3 is 0 Å². The van der Waals surface area contributed by atoms with Crippen LogP contribution in [0.15, 0.2) is 30.3 Å². The van der Waals surface area contributed by atoms with Gasteiger partial charge in [-0.25, -0.2) is 0 Å². The summed E-state index contributed by atoms with van der Waals surface area (Å²) in [6.07, 6.45) is 10.4. The van der Waals surface area contributed by atoms with Gasteiger partial charge in [-0.2, -0.15) is 0 Å². The minimum atomic E-state index is -0.453. The molecule has 0 radical (unpaired) electrons. The minimum Gasteiger partial charge on any atom is -0.371 e. The third-order valence-electron chi connectivity index (χ3n) is 3.66. The lowest BCUT2D eigenvalue weighted by Crippen LogP contribution is -2.09. The van der Waals surface area contributed by atoms with Gasteiger partial charge in [-0.1, -0.05) is 82.2 Å². The number of rotatable bonds is 12. The Morgan fingerprint density at radius 2 is 1.52 bits per heavy atom. The van der Waals surface area contributed by atoms with Crippen LogP contribution in [0.2, 0.25) is 0 Å². The summed E-state index contributed by atoms with van der Waals surface area (Å²) in [7, 11) is 0. The lowest BCUT2D eigenvalue weighted by atomic mass is 10.0. The van der Waals surface area contributed by atoms with Crippen LogP contribution in [0.3, 0.4) is 0 Å². The average molecular weight is 331 g/mol. The molecule has 1 aromatic rings. The second-order valence-corrected chi connectivity index (χ2v) is 6.81. The summed E-state index contributed by atoms with van der Waals surface area (Å²) < 4.78 is 5.87. The molecule has 0 aliphatic carbocycles. The molecule has 0 saturated carbocycles. The fraction of sp³-hybridized carbons (Fsp3) is 0.667. The first-order chi connectivity index (χ1) is 10.2. The number of alkyl halides is 2. The van der Waals surface area contributed by atoms with Crippen LogP contribution in [-0.2, 0) is 4.74 Å². The molecule has 0 amide bonds. The van der Waals surface area contributed by atoms with E-state index in [1.165, 1.54) is 50.5 Å². The molecule has 0 spiro atoms. The van der Waals surface area contributed by atoms with E-state index in [9.17, 15) is 0 Å². The zero-order valence-corrected chi connectivity index (χ0v) is 14.6. The topological polar surface area (TPSA) is 9.23 Å². The molecule has 21 heavy (non-hydrogen) atoms. The predicted octanol–water partition coefficient (Wildman–Crippen LogP) is 6.69. The third-order valence-corrected chi connectivity index (χ3v) is 3.92. The second-order valence-electron chi connectivity index (χ2n) is 5.53. The highest BCUT2D eigenvalue weighted by molar-refractivity contribution is 6.44. The SMILES string of the molecule is CCCCCCCCCC(OCC(Cl)Cl)c1ccccc1. The van der Waals surface area contributed by atoms with Gasteiger partial charge in [-0.05, 0) is 12.0 Å². The molecular weight excluding hydrogens is 303 g/mol. The van der Waals surface area contributed by atoms with Gasteiger partial charge in [0.2, 0.25) is 0 Å². The Bertz CT molecular complexity index is 340. The Labute approximate surface area is 140 Å². The highest BCUT2D eigenvalue weighted by Gasteiger charge is 2.13. The molecule has 0 N–H and O–H groups in total. The van der Waals surface area contributed by atoms with E-state index in [1.54, 1.807) is 0 Å². The van der Waals surface area contributed by atoms with E-state index < -0.39 is 4.84 Å². The standard InChI is InChI=1S/C18H28Cl2O/c1-2-3-4-5-6-7-11-14-17(21-15-18(19)20)16-12-9-8-10-13-16/h8-10,12-13,17-18H,2-7,11,14-15H2,1H3. The normalized spacial score (nSPS) is 12.8. The van der Waals surface area contributed by atoms with Crippen molar-refractivity contribution in [2.75, 3.05) is 6.61 Å². The lowest BCUT2D eigenvalue weighted by molar-refractivity contribution is 0.0519. The Morgan fingerprint density at radius 1 is 0.905 bits per heavy atom. The van der Waals surface area contributed by atoms with Crippen LogP contribution in [0, 0.1) is 0 Å². The molecule has 1 aromatic carbocycles. The van der Waals surface area contributed by atoms with Crippen LogP contribution in [-0.4, -0.2) is 11.4 Å². The largest absolute Gasteiger partial charge is 0.371 e. The highest BCUT2D eigenvalue weighted by Crippen LogP contribution is 2.25. The molecule has 0 aliphatic rings. The molecule has 0 bridgehead atoms. The first-order valence-corrected chi connectivity index (χ1v) is 9.06. The Balaban J connectivity index is 2.29. The van der Waals surface area contributed by atoms with Crippen LogP contribution in [0.25, 0.3) is 0 Å². The monoisotopic (exact) mass is 330 g/mol. The van der Waals surface area contributed by atoms with Gasteiger partial charge in [0.05, 0.1) is 12.7 Å². The van der Waals surface area contributed by atoms with Crippen molar-refractivity contribution in [3.05, 3.63) is 35.9 Å². The van der Waals surface area contributed by atoms with Crippen molar-refractivity contribution >= 4 is 23.2 Å². The molecule has 0 saturated heterocycles. The number of halogens is 2. The van der Waals surface area contributed by atoms with Gasteiger partial charge in [-0.3, -0.25) is 0 Å². The van der Waals surface area contributed by atoms with Gasteiger partial charge in [-0.15, -0.1) is 23.2 Å². The summed E-state index contributed by atoms with van der Waals surface area (Å²) in [5.41, 5.74) is 1.22. The molecule has 0 aromatic heterocycles. The maximum absolute atomic E-state index is 5.87. The second kappa shape index (κ2) is 12.3. The van der Waals surface area contributed by atoms with Crippen LogP contribution < -0.4 is 0 Å². The molecule has 1 rings (SSSR count). The van der Waals surface area contributed by atoms with E-state index in [-0.39, 0.29) is 6.10 Å². The van der Waals surface area contributed by atoms with Crippen molar-refractivity contribution in [2.45, 2.75) is 69.2 Å². The van der Waals surface area contributed by atoms with Crippen molar-refractivity contribution in [2.24, 2.45) is 0 Å². The van der Waals surface area contributed by atoms with E-state index in [0.29, 0.717) is 6.61 Å². The number of ether oxygens (including phenoxy) is 1. The van der Waals surface area contributed by atoms with E-state index in [0.717, 1.165) is 6.42 Å². The zero-order chi connectivity index (χ0) is 15.3. The van der Waals surface area contributed by atoms with Gasteiger partial charge in [0.25, 0.3) is 0 Å². The van der Waals surface area contributed by atoms with Gasteiger partial charge < -0.3 is 4.74 Å². The van der Waals surface area contributed by atoms with Crippen LogP contribution in [0.5, 0.6) is 0 Å². The quantitative estimate of drug-likeness (QED) is 0.306. The van der Waals surface area contributed by atoms with Crippen molar-refractivity contribution in [3.63, 3.8) is 0 Å². The number of unbranched alkanes of at least 4 members (excludes halogenated alkanes) is 6. The lowest BCUT2D eigenvalue weighted by Gasteiger charge is -2.19. The Kier molecular flexibility index (Phi) is 11.0. The van der Waals surface area contributed by atoms with Crippen LogP contribution >= 0.6 is 23.2 Å². The van der Waals surface area contributed by atoms with Crippen molar-refractivity contribution in [3.8, 4) is 0 Å². The molecule has 0 heterocycles. The first kappa shape index (κ1) is 18.8. The first-order valence-electron chi connectivity index (χ1n) is 8.18. The predicted molar refractivity (Wildman–Crippen MR) is 93.2 cm³/mol. The highest BCUT2D eigenvalue weighted by atomic mass is 35.5. The van der Waals surface area contributed by atoms with Gasteiger partial charge in [0.1, 0.15) is 4.84 Å². The minimum absolute atomic E-state index is 0.113. The fourth-order valence-corrected chi connectivity index (χ4v) is 2.64. The Morgan fingerprint density at radius 3 is 2.14 bits per heavy atom. The maximum Gasteiger partial charge on any atom is 0.131 e. The summed E-state index contributed by atoms with van der Waals surface area (Å²) in [5, 5.41) is 0. The number of hydrogen-bond acceptors (Lipinski definition) is 1. The molecular formula is C18H28Cl2O. The van der Waals surface area contributed by atoms with Gasteiger partial charge in [0, 0.05) is 0 Å². The molecule has 1 atom stereocenters. The third kappa shape index (κ3) is 9.39. The zero-order valence-electron chi connectivity index (χ0n) is 13.1. The van der Waals surface area contributed by atoms with Crippen LogP contribution in [0.4, 0.5) is 0 Å². The average Bonchev–Trinajstić information content (AvgIpc) is 2.50. The van der Waals surface area contributed by atoms with E-state index in [1.807, 2.05) is 6.07 Å². The summed E-state index contributed by atoms with van der Waals surface area (Å²) in [6.45, 7) is 2.64. The van der Waals surface area contributed by atoms with E-state index in [2.05, 4.69) is 31.2 Å². The van der Waals surface area contributed by atoms with E-state index in [4.69, 9.17) is 27.9 Å². The molecule has 1 unspecified atom stereocenters. The van der Waals surface area contributed by atoms with Crippen molar-refractivity contribution < 1.29 is 4.74 Å². The summed E-state index contributed by atoms with van der Waals surface area (Å²) in [6, 6.07) is 10.4.